The molecule has 1 saturated carbocycles. The maximum Gasteiger partial charge on any atom is 0.302 e. The lowest BCUT2D eigenvalue weighted by Crippen LogP contribution is -2.45. The quantitative estimate of drug-likeness (QED) is 0.233. The van der Waals surface area contributed by atoms with Crippen LogP contribution in [-0.4, -0.2) is 67.0 Å². The average Bonchev–Trinajstić information content (AvgIpc) is 3.35. The number of aromatic amines is 1. The normalized spacial score (nSPS) is 29.9. The summed E-state index contributed by atoms with van der Waals surface area (Å²) in [7, 11) is 3.54. The van der Waals surface area contributed by atoms with Crippen molar-refractivity contribution < 1.29 is 13.9 Å². The zero-order chi connectivity index (χ0) is 20.4. The van der Waals surface area contributed by atoms with E-state index in [2.05, 4.69) is 20.0 Å². The maximum atomic E-state index is 12.4. The van der Waals surface area contributed by atoms with Gasteiger partial charge < -0.3 is 13.9 Å². The number of hydrogen-bond acceptors (Lipinski definition) is 8. The van der Waals surface area contributed by atoms with Crippen LogP contribution >= 0.6 is 9.03 Å². The molecule has 11 nitrogen and oxygen atoms in total. The standard InChI is InChI=1S/C17H22N7O4P/c1-23(2)9-19-17-21-15-13(16(25)22-17)20-10-24(15)8-11-4-5-12(14(11)27-24)28-29-26-7-3-6-18/h9-12,14,29H,3-5,7-8H2,1-2H3/p+1/b19-9-. The van der Waals surface area contributed by atoms with E-state index in [-0.39, 0.29) is 49.0 Å². The fraction of sp³-hybridized carbons (Fsp3) is 0.588. The highest BCUT2D eigenvalue weighted by atomic mass is 31.1. The highest BCUT2D eigenvalue weighted by molar-refractivity contribution is 7.26. The number of aromatic nitrogens is 2. The molecule has 0 amide bonds. The summed E-state index contributed by atoms with van der Waals surface area (Å²) < 4.78 is 11.2. The zero-order valence-electron chi connectivity index (χ0n) is 16.2. The molecule has 1 aliphatic carbocycles. The van der Waals surface area contributed by atoms with Crippen LogP contribution in [-0.2, 0) is 13.9 Å². The van der Waals surface area contributed by atoms with Crippen molar-refractivity contribution in [1.82, 2.24) is 19.5 Å². The van der Waals surface area contributed by atoms with Crippen LogP contribution < -0.4 is 10.2 Å². The zero-order valence-corrected chi connectivity index (χ0v) is 17.2. The number of hydrogen-bond donors (Lipinski definition) is 1. The monoisotopic (exact) mass is 420 g/mol. The van der Waals surface area contributed by atoms with Crippen molar-refractivity contribution in [1.29, 1.82) is 5.26 Å². The van der Waals surface area contributed by atoms with E-state index in [9.17, 15) is 4.79 Å². The Morgan fingerprint density at radius 3 is 3.21 bits per heavy atom. The first kappa shape index (κ1) is 20.1. The molecule has 0 aromatic carbocycles. The van der Waals surface area contributed by atoms with E-state index in [1.165, 1.54) is 0 Å². The Hall–Kier alpha value is -2.22. The third-order valence-electron chi connectivity index (χ3n) is 5.05. The third-order valence-corrected chi connectivity index (χ3v) is 5.77. The predicted molar refractivity (Wildman–Crippen MR) is 108 cm³/mol. The molecular formula is C17H23N7O4P+. The summed E-state index contributed by atoms with van der Waals surface area (Å²) >= 11 is 0. The van der Waals surface area contributed by atoms with Crippen molar-refractivity contribution in [2.45, 2.75) is 31.5 Å². The molecule has 12 heteroatoms. The van der Waals surface area contributed by atoms with Gasteiger partial charge in [0.05, 0.1) is 31.5 Å². The molecule has 3 aliphatic rings. The van der Waals surface area contributed by atoms with Crippen LogP contribution in [0.3, 0.4) is 0 Å². The fourth-order valence-corrected chi connectivity index (χ4v) is 4.43. The van der Waals surface area contributed by atoms with Gasteiger partial charge in [-0.3, -0.25) is 9.78 Å². The Kier molecular flexibility index (Phi) is 5.72. The topological polar surface area (TPSA) is 125 Å². The molecule has 3 heterocycles. The van der Waals surface area contributed by atoms with Crippen LogP contribution in [0.5, 0.6) is 0 Å². The van der Waals surface area contributed by atoms with Crippen LogP contribution in [0.4, 0.5) is 17.5 Å². The van der Waals surface area contributed by atoms with E-state index in [4.69, 9.17) is 19.1 Å². The smallest absolute Gasteiger partial charge is 0.302 e. The highest BCUT2D eigenvalue weighted by Gasteiger charge is 2.58. The van der Waals surface area contributed by atoms with Gasteiger partial charge in [-0.1, -0.05) is 4.65 Å². The number of nitrogens with one attached hydrogen (secondary N) is 1. The van der Waals surface area contributed by atoms with Gasteiger partial charge in [-0.25, -0.2) is 4.99 Å². The van der Waals surface area contributed by atoms with Gasteiger partial charge in [-0.15, -0.1) is 0 Å². The largest absolute Gasteiger partial charge is 0.369 e. The number of hydroxylamine groups is 2. The average molecular weight is 420 g/mol. The number of fused-ring (bicyclic) bond motifs is 3. The summed E-state index contributed by atoms with van der Waals surface area (Å²) in [5.74, 6) is 0.947. The van der Waals surface area contributed by atoms with Crippen molar-refractivity contribution in [3.8, 4) is 6.07 Å². The number of nitriles is 1. The first-order valence-corrected chi connectivity index (χ1v) is 10.2. The van der Waals surface area contributed by atoms with Gasteiger partial charge in [-0.2, -0.15) is 20.1 Å². The van der Waals surface area contributed by atoms with Crippen molar-refractivity contribution in [3.63, 3.8) is 0 Å². The van der Waals surface area contributed by atoms with Crippen molar-refractivity contribution in [2.24, 2.45) is 15.9 Å². The second-order valence-corrected chi connectivity index (χ2v) is 8.09. The molecule has 0 radical (unpaired) electrons. The highest BCUT2D eigenvalue weighted by Crippen LogP contribution is 2.47. The van der Waals surface area contributed by atoms with E-state index in [1.54, 1.807) is 17.6 Å². The summed E-state index contributed by atoms with van der Waals surface area (Å²) in [6.07, 6.45) is 5.16. The molecule has 1 saturated heterocycles. The second kappa shape index (κ2) is 8.26. The lowest BCUT2D eigenvalue weighted by molar-refractivity contribution is -0.108. The molecule has 29 heavy (non-hydrogen) atoms. The van der Waals surface area contributed by atoms with Crippen LogP contribution in [0.15, 0.2) is 14.8 Å². The van der Waals surface area contributed by atoms with Crippen LogP contribution in [0.25, 0.3) is 0 Å². The van der Waals surface area contributed by atoms with E-state index in [0.29, 0.717) is 25.4 Å². The summed E-state index contributed by atoms with van der Waals surface area (Å²) in [6, 6.07) is 2.03. The van der Waals surface area contributed by atoms with Crippen molar-refractivity contribution in [2.75, 3.05) is 27.2 Å². The van der Waals surface area contributed by atoms with Crippen LogP contribution in [0, 0.1) is 17.2 Å². The SMILES string of the molecule is CN(C)/C=N\c1nc2c(c(=O)[nH]1)N=C[N+]21CC2CCC(OPOCCC#N)C2O1. The number of quaternary nitrogens is 1. The first-order valence-electron chi connectivity index (χ1n) is 9.39. The number of rotatable bonds is 7. The molecule has 154 valence electrons. The summed E-state index contributed by atoms with van der Waals surface area (Å²) in [4.78, 5) is 36.2. The van der Waals surface area contributed by atoms with Gasteiger partial charge in [0.1, 0.15) is 6.54 Å². The van der Waals surface area contributed by atoms with Crippen LogP contribution in [0.2, 0.25) is 0 Å². The predicted octanol–water partition coefficient (Wildman–Crippen LogP) is 1.52. The Balaban J connectivity index is 1.50. The van der Waals surface area contributed by atoms with E-state index >= 15 is 0 Å². The number of H-pyrrole nitrogens is 1. The molecule has 5 atom stereocenters. The molecule has 0 bridgehead atoms. The molecule has 1 aromatic rings. The van der Waals surface area contributed by atoms with Crippen molar-refractivity contribution in [3.05, 3.63) is 10.4 Å². The Morgan fingerprint density at radius 1 is 1.55 bits per heavy atom. The maximum absolute atomic E-state index is 12.4. The van der Waals surface area contributed by atoms with Gasteiger partial charge in [0.2, 0.25) is 18.0 Å². The molecule has 5 unspecified atom stereocenters. The Morgan fingerprint density at radius 2 is 2.41 bits per heavy atom. The Labute approximate surface area is 169 Å². The number of nitrogens with zero attached hydrogens (tertiary/aromatic N) is 6. The van der Waals surface area contributed by atoms with E-state index in [1.807, 2.05) is 20.2 Å². The fourth-order valence-electron chi connectivity index (χ4n) is 3.80. The number of aliphatic imine (C=N–C) groups is 2. The van der Waals surface area contributed by atoms with Crippen molar-refractivity contribution >= 4 is 39.2 Å². The molecule has 4 rings (SSSR count). The minimum atomic E-state index is -0.340. The van der Waals surface area contributed by atoms with Crippen LogP contribution in [0.1, 0.15) is 19.3 Å². The summed E-state index contributed by atoms with van der Waals surface area (Å²) in [6.45, 7) is 1.01. The second-order valence-electron chi connectivity index (χ2n) is 7.40. The molecule has 2 aliphatic heterocycles. The lowest BCUT2D eigenvalue weighted by Gasteiger charge is -2.23. The van der Waals surface area contributed by atoms with E-state index in [0.717, 1.165) is 12.8 Å². The van der Waals surface area contributed by atoms with E-state index < -0.39 is 0 Å². The molecule has 1 spiro atoms. The van der Waals surface area contributed by atoms with Gasteiger partial charge in [0.25, 0.3) is 5.56 Å². The lowest BCUT2D eigenvalue weighted by atomic mass is 10.1. The summed E-state index contributed by atoms with van der Waals surface area (Å²) in [5.41, 5.74) is -0.0825. The molecule has 1 N–H and O–H groups in total. The molecule has 2 fully saturated rings. The first-order chi connectivity index (χ1) is 14.0. The third kappa shape index (κ3) is 3.95. The minimum Gasteiger partial charge on any atom is -0.369 e. The van der Waals surface area contributed by atoms with Gasteiger partial charge in [0.15, 0.2) is 15.1 Å². The minimum absolute atomic E-state index is 0.0165. The van der Waals surface area contributed by atoms with Gasteiger partial charge in [0, 0.05) is 20.0 Å². The summed E-state index contributed by atoms with van der Waals surface area (Å²) in [5, 5.41) is 8.55. The van der Waals surface area contributed by atoms with Gasteiger partial charge in [-0.05, 0) is 12.8 Å². The van der Waals surface area contributed by atoms with Gasteiger partial charge >= 0.3 is 5.82 Å². The molecule has 1 aromatic heterocycles. The Bertz CT molecular complexity index is 927. The molecular weight excluding hydrogens is 397 g/mol.